The maximum Gasteiger partial charge on any atom is 0.149 e. The molecule has 1 aromatic heterocycles. The van der Waals surface area contributed by atoms with E-state index in [1.54, 1.807) is 0 Å². The molecule has 112 valence electrons. The third-order valence-corrected chi connectivity index (χ3v) is 3.19. The Labute approximate surface area is 126 Å². The number of benzene rings is 1. The van der Waals surface area contributed by atoms with E-state index in [0.717, 1.165) is 35.7 Å². The Morgan fingerprint density at radius 1 is 1.14 bits per heavy atom. The Morgan fingerprint density at radius 2 is 1.86 bits per heavy atom. The summed E-state index contributed by atoms with van der Waals surface area (Å²) in [5.74, 6) is 1.67. The van der Waals surface area contributed by atoms with Crippen molar-refractivity contribution >= 4 is 0 Å². The van der Waals surface area contributed by atoms with Crippen LogP contribution in [-0.4, -0.2) is 23.1 Å². The van der Waals surface area contributed by atoms with Crippen molar-refractivity contribution in [3.05, 3.63) is 53.6 Å². The van der Waals surface area contributed by atoms with Gasteiger partial charge in [-0.3, -0.25) is 0 Å². The van der Waals surface area contributed by atoms with Gasteiger partial charge >= 0.3 is 0 Å². The van der Waals surface area contributed by atoms with Crippen LogP contribution in [-0.2, 0) is 0 Å². The molecule has 0 aliphatic carbocycles. The lowest BCUT2D eigenvalue weighted by molar-refractivity contribution is 0.333. The molecular formula is C17H23N3O. The van der Waals surface area contributed by atoms with Crippen molar-refractivity contribution in [2.24, 2.45) is 0 Å². The van der Waals surface area contributed by atoms with Gasteiger partial charge in [0.1, 0.15) is 11.6 Å². The second-order valence-electron chi connectivity index (χ2n) is 4.98. The van der Waals surface area contributed by atoms with Crippen molar-refractivity contribution < 1.29 is 4.74 Å². The SMILES string of the molecule is CCCNC(c1ncc(C)cn1)c1ccccc1OCC. The number of aryl methyl sites for hydroxylation is 1. The van der Waals surface area contributed by atoms with Crippen molar-refractivity contribution in [3.8, 4) is 5.75 Å². The van der Waals surface area contributed by atoms with Gasteiger partial charge in [-0.05, 0) is 38.4 Å². The molecule has 21 heavy (non-hydrogen) atoms. The lowest BCUT2D eigenvalue weighted by atomic mass is 10.0. The molecule has 1 heterocycles. The fraction of sp³-hybridized carbons (Fsp3) is 0.412. The molecule has 2 rings (SSSR count). The first kappa shape index (κ1) is 15.4. The quantitative estimate of drug-likeness (QED) is 0.848. The first-order chi connectivity index (χ1) is 10.3. The first-order valence-corrected chi connectivity index (χ1v) is 7.49. The molecule has 1 atom stereocenters. The van der Waals surface area contributed by atoms with Crippen LogP contribution in [0.15, 0.2) is 36.7 Å². The lowest BCUT2D eigenvalue weighted by Gasteiger charge is -2.20. The van der Waals surface area contributed by atoms with Crippen LogP contribution < -0.4 is 10.1 Å². The Morgan fingerprint density at radius 3 is 2.52 bits per heavy atom. The van der Waals surface area contributed by atoms with E-state index in [1.165, 1.54) is 0 Å². The van der Waals surface area contributed by atoms with Crippen LogP contribution >= 0.6 is 0 Å². The molecule has 0 saturated carbocycles. The molecule has 0 aliphatic heterocycles. The zero-order valence-corrected chi connectivity index (χ0v) is 13.0. The van der Waals surface area contributed by atoms with Crippen LogP contribution in [0, 0.1) is 6.92 Å². The second kappa shape index (κ2) is 7.74. The van der Waals surface area contributed by atoms with E-state index >= 15 is 0 Å². The summed E-state index contributed by atoms with van der Waals surface area (Å²) in [4.78, 5) is 8.96. The van der Waals surface area contributed by atoms with Crippen molar-refractivity contribution in [1.29, 1.82) is 0 Å². The number of nitrogens with one attached hydrogen (secondary N) is 1. The summed E-state index contributed by atoms with van der Waals surface area (Å²) in [6.07, 6.45) is 4.76. The molecule has 0 amide bonds. The number of rotatable bonds is 7. The molecule has 0 aliphatic rings. The summed E-state index contributed by atoms with van der Waals surface area (Å²) in [5.41, 5.74) is 2.14. The standard InChI is InChI=1S/C17H23N3O/c1-4-10-18-16(17-19-11-13(3)12-20-17)14-8-6-7-9-15(14)21-5-2/h6-9,11-12,16,18H,4-5,10H2,1-3H3. The van der Waals surface area contributed by atoms with Crippen LogP contribution in [0.4, 0.5) is 0 Å². The van der Waals surface area contributed by atoms with Crippen LogP contribution in [0.3, 0.4) is 0 Å². The first-order valence-electron chi connectivity index (χ1n) is 7.49. The number of para-hydroxylation sites is 1. The third kappa shape index (κ3) is 4.02. The van der Waals surface area contributed by atoms with Gasteiger partial charge in [-0.25, -0.2) is 9.97 Å². The Hall–Kier alpha value is -1.94. The lowest BCUT2D eigenvalue weighted by Crippen LogP contribution is -2.25. The van der Waals surface area contributed by atoms with Crippen LogP contribution in [0.1, 0.15) is 43.3 Å². The molecule has 0 saturated heterocycles. The Kier molecular flexibility index (Phi) is 5.69. The number of hydrogen-bond acceptors (Lipinski definition) is 4. The van der Waals surface area contributed by atoms with Gasteiger partial charge < -0.3 is 10.1 Å². The predicted molar refractivity (Wildman–Crippen MR) is 84.5 cm³/mol. The van der Waals surface area contributed by atoms with Crippen molar-refractivity contribution in [3.63, 3.8) is 0 Å². The van der Waals surface area contributed by atoms with E-state index in [1.807, 2.05) is 44.4 Å². The van der Waals surface area contributed by atoms with Crippen molar-refractivity contribution in [2.45, 2.75) is 33.2 Å². The minimum atomic E-state index is -0.0479. The topological polar surface area (TPSA) is 47.0 Å². The highest BCUT2D eigenvalue weighted by atomic mass is 16.5. The molecule has 1 aromatic carbocycles. The van der Waals surface area contributed by atoms with E-state index in [-0.39, 0.29) is 6.04 Å². The van der Waals surface area contributed by atoms with E-state index < -0.39 is 0 Å². The van der Waals surface area contributed by atoms with Crippen molar-refractivity contribution in [1.82, 2.24) is 15.3 Å². The molecule has 0 bridgehead atoms. The summed E-state index contributed by atoms with van der Waals surface area (Å²) in [6.45, 7) is 7.68. The van der Waals surface area contributed by atoms with Crippen molar-refractivity contribution in [2.75, 3.05) is 13.2 Å². The molecule has 1 unspecified atom stereocenters. The van der Waals surface area contributed by atoms with E-state index in [4.69, 9.17) is 4.74 Å². The zero-order chi connectivity index (χ0) is 15.1. The van der Waals surface area contributed by atoms with Gasteiger partial charge in [0.25, 0.3) is 0 Å². The molecule has 0 fully saturated rings. The van der Waals surface area contributed by atoms with E-state index in [0.29, 0.717) is 6.61 Å². The highest BCUT2D eigenvalue weighted by Crippen LogP contribution is 2.28. The fourth-order valence-corrected chi connectivity index (χ4v) is 2.19. The largest absolute Gasteiger partial charge is 0.494 e. The number of nitrogens with zero attached hydrogens (tertiary/aromatic N) is 2. The number of aromatic nitrogens is 2. The monoisotopic (exact) mass is 285 g/mol. The molecule has 0 spiro atoms. The Balaban J connectivity index is 2.37. The van der Waals surface area contributed by atoms with Gasteiger partial charge in [0.05, 0.1) is 12.6 Å². The van der Waals surface area contributed by atoms with E-state index in [9.17, 15) is 0 Å². The Bertz CT molecular complexity index is 554. The van der Waals surface area contributed by atoms with Gasteiger partial charge in [0, 0.05) is 18.0 Å². The smallest absolute Gasteiger partial charge is 0.149 e. The maximum atomic E-state index is 5.75. The van der Waals surface area contributed by atoms with Crippen LogP contribution in [0.5, 0.6) is 5.75 Å². The van der Waals surface area contributed by atoms with Gasteiger partial charge in [-0.15, -0.1) is 0 Å². The van der Waals surface area contributed by atoms with Gasteiger partial charge in [0.2, 0.25) is 0 Å². The summed E-state index contributed by atoms with van der Waals surface area (Å²) < 4.78 is 5.75. The normalized spacial score (nSPS) is 12.1. The average Bonchev–Trinajstić information content (AvgIpc) is 2.51. The maximum absolute atomic E-state index is 5.75. The highest BCUT2D eigenvalue weighted by Gasteiger charge is 2.19. The predicted octanol–water partition coefficient (Wildman–Crippen LogP) is 3.27. The zero-order valence-electron chi connectivity index (χ0n) is 13.0. The van der Waals surface area contributed by atoms with Gasteiger partial charge in [0.15, 0.2) is 0 Å². The molecule has 1 N–H and O–H groups in total. The molecule has 4 heteroatoms. The highest BCUT2D eigenvalue weighted by molar-refractivity contribution is 5.38. The summed E-state index contributed by atoms with van der Waals surface area (Å²) >= 11 is 0. The van der Waals surface area contributed by atoms with E-state index in [2.05, 4.69) is 28.3 Å². The molecule has 0 radical (unpaired) electrons. The molecule has 4 nitrogen and oxygen atoms in total. The van der Waals surface area contributed by atoms with Gasteiger partial charge in [-0.2, -0.15) is 0 Å². The average molecular weight is 285 g/mol. The number of ether oxygens (including phenoxy) is 1. The molecular weight excluding hydrogens is 262 g/mol. The van der Waals surface area contributed by atoms with Gasteiger partial charge in [-0.1, -0.05) is 25.1 Å². The summed E-state index contributed by atoms with van der Waals surface area (Å²) in [6, 6.07) is 8.02. The minimum absolute atomic E-state index is 0.0479. The minimum Gasteiger partial charge on any atom is -0.494 e. The van der Waals surface area contributed by atoms with Crippen LogP contribution in [0.25, 0.3) is 0 Å². The summed E-state index contributed by atoms with van der Waals surface area (Å²) in [7, 11) is 0. The fourth-order valence-electron chi connectivity index (χ4n) is 2.19. The summed E-state index contributed by atoms with van der Waals surface area (Å²) in [5, 5.41) is 3.52. The van der Waals surface area contributed by atoms with Crippen LogP contribution in [0.2, 0.25) is 0 Å². The molecule has 2 aromatic rings. The second-order valence-corrected chi connectivity index (χ2v) is 4.98. The number of hydrogen-bond donors (Lipinski definition) is 1. The third-order valence-electron chi connectivity index (χ3n) is 3.19.